The third-order valence-electron chi connectivity index (χ3n) is 1.79. The molecule has 16 heavy (non-hydrogen) atoms. The second-order valence-electron chi connectivity index (χ2n) is 2.85. The van der Waals surface area contributed by atoms with Gasteiger partial charge in [-0.05, 0) is 13.0 Å². The number of aromatic nitrogens is 3. The van der Waals surface area contributed by atoms with Gasteiger partial charge in [-0.25, -0.2) is 19.7 Å². The molecule has 0 amide bonds. The van der Waals surface area contributed by atoms with Crippen LogP contribution in [0.3, 0.4) is 0 Å². The average Bonchev–Trinajstić information content (AvgIpc) is 2.80. The fourth-order valence-electron chi connectivity index (χ4n) is 1.11. The summed E-state index contributed by atoms with van der Waals surface area (Å²) in [4.78, 5) is 23.4. The van der Waals surface area contributed by atoms with Crippen molar-refractivity contribution in [2.75, 3.05) is 6.61 Å². The van der Waals surface area contributed by atoms with Gasteiger partial charge in [0.05, 0.1) is 6.61 Å². The van der Waals surface area contributed by atoms with Gasteiger partial charge < -0.3 is 4.74 Å². The van der Waals surface area contributed by atoms with Crippen LogP contribution in [0.25, 0.3) is 10.7 Å². The highest BCUT2D eigenvalue weighted by Gasteiger charge is 2.12. The lowest BCUT2D eigenvalue weighted by Crippen LogP contribution is -2.04. The summed E-state index contributed by atoms with van der Waals surface area (Å²) < 4.78 is 4.85. The van der Waals surface area contributed by atoms with Gasteiger partial charge in [0.15, 0.2) is 5.69 Å². The molecule has 0 unspecified atom stereocenters. The van der Waals surface area contributed by atoms with E-state index >= 15 is 0 Å². The van der Waals surface area contributed by atoms with Crippen molar-refractivity contribution in [1.29, 1.82) is 0 Å². The summed E-state index contributed by atoms with van der Waals surface area (Å²) in [5.74, 6) is -0.404. The third-order valence-corrected chi connectivity index (χ3v) is 2.65. The zero-order valence-electron chi connectivity index (χ0n) is 8.58. The van der Waals surface area contributed by atoms with E-state index in [4.69, 9.17) is 4.74 Å². The molecule has 6 heteroatoms. The minimum Gasteiger partial charge on any atom is -0.461 e. The van der Waals surface area contributed by atoms with Crippen molar-refractivity contribution >= 4 is 17.3 Å². The van der Waals surface area contributed by atoms with Crippen molar-refractivity contribution in [3.05, 3.63) is 29.7 Å². The van der Waals surface area contributed by atoms with Gasteiger partial charge in [0.25, 0.3) is 0 Å². The molecule has 2 aromatic rings. The normalized spacial score (nSPS) is 10.1. The molecule has 82 valence electrons. The summed E-state index contributed by atoms with van der Waals surface area (Å²) in [5.41, 5.74) is 1.02. The van der Waals surface area contributed by atoms with E-state index in [-0.39, 0.29) is 0 Å². The van der Waals surface area contributed by atoms with Gasteiger partial charge in [-0.1, -0.05) is 0 Å². The molecule has 2 rings (SSSR count). The van der Waals surface area contributed by atoms with Gasteiger partial charge in [0, 0.05) is 11.6 Å². The van der Waals surface area contributed by atoms with E-state index in [9.17, 15) is 4.79 Å². The van der Waals surface area contributed by atoms with Gasteiger partial charge in [-0.3, -0.25) is 0 Å². The Labute approximate surface area is 96.2 Å². The largest absolute Gasteiger partial charge is 0.461 e. The second kappa shape index (κ2) is 4.80. The molecule has 2 aromatic heterocycles. The number of esters is 1. The standard InChI is InChI=1S/C10H9N3O2S/c1-2-15-10(14)8-5-16-9(13-8)7-3-4-11-6-12-7/h3-6H,2H2,1H3. The molecular formula is C10H9N3O2S. The second-order valence-corrected chi connectivity index (χ2v) is 3.71. The zero-order chi connectivity index (χ0) is 11.4. The Morgan fingerprint density at radius 3 is 3.12 bits per heavy atom. The highest BCUT2D eigenvalue weighted by molar-refractivity contribution is 7.13. The maximum atomic E-state index is 11.4. The Balaban J connectivity index is 2.23. The van der Waals surface area contributed by atoms with Crippen LogP contribution >= 0.6 is 11.3 Å². The Kier molecular flexibility index (Phi) is 3.21. The maximum Gasteiger partial charge on any atom is 0.357 e. The molecule has 0 N–H and O–H groups in total. The van der Waals surface area contributed by atoms with E-state index in [2.05, 4.69) is 15.0 Å². The maximum absolute atomic E-state index is 11.4. The first kappa shape index (κ1) is 10.7. The Hall–Kier alpha value is -1.82. The van der Waals surface area contributed by atoms with Crippen LogP contribution in [0.15, 0.2) is 24.0 Å². The molecule has 0 aromatic carbocycles. The number of ether oxygens (including phenoxy) is 1. The third kappa shape index (κ3) is 2.22. The Morgan fingerprint density at radius 2 is 2.44 bits per heavy atom. The van der Waals surface area contributed by atoms with Crippen LogP contribution in [0.2, 0.25) is 0 Å². The Morgan fingerprint density at radius 1 is 1.56 bits per heavy atom. The van der Waals surface area contributed by atoms with Crippen LogP contribution in [0, 0.1) is 0 Å². The number of carbonyl (C=O) groups excluding carboxylic acids is 1. The van der Waals surface area contributed by atoms with Crippen LogP contribution in [0.5, 0.6) is 0 Å². The van der Waals surface area contributed by atoms with Gasteiger partial charge in [-0.15, -0.1) is 11.3 Å². The fraction of sp³-hybridized carbons (Fsp3) is 0.200. The summed E-state index contributed by atoms with van der Waals surface area (Å²) in [6, 6.07) is 1.74. The number of hydrogen-bond donors (Lipinski definition) is 0. The fourth-order valence-corrected chi connectivity index (χ4v) is 1.87. The van der Waals surface area contributed by atoms with Crippen LogP contribution < -0.4 is 0 Å². The van der Waals surface area contributed by atoms with Gasteiger partial charge in [0.1, 0.15) is 17.0 Å². The zero-order valence-corrected chi connectivity index (χ0v) is 9.40. The number of thiazole rings is 1. The SMILES string of the molecule is CCOC(=O)c1csc(-c2ccncn2)n1. The van der Waals surface area contributed by atoms with E-state index in [1.54, 1.807) is 24.6 Å². The molecule has 0 saturated carbocycles. The lowest BCUT2D eigenvalue weighted by molar-refractivity contribution is 0.0520. The highest BCUT2D eigenvalue weighted by Crippen LogP contribution is 2.21. The van der Waals surface area contributed by atoms with E-state index in [1.807, 2.05) is 0 Å². The number of hydrogen-bond acceptors (Lipinski definition) is 6. The Bertz CT molecular complexity index is 484. The summed E-state index contributed by atoms with van der Waals surface area (Å²) in [5, 5.41) is 2.35. The molecule has 5 nitrogen and oxygen atoms in total. The molecule has 2 heterocycles. The van der Waals surface area contributed by atoms with Gasteiger partial charge in [0.2, 0.25) is 0 Å². The van der Waals surface area contributed by atoms with Crippen molar-refractivity contribution in [3.63, 3.8) is 0 Å². The first-order valence-corrected chi connectivity index (χ1v) is 5.58. The molecule has 0 fully saturated rings. The monoisotopic (exact) mass is 235 g/mol. The molecule has 0 aliphatic carbocycles. The van der Waals surface area contributed by atoms with Crippen molar-refractivity contribution in [1.82, 2.24) is 15.0 Å². The number of nitrogens with zero attached hydrogens (tertiary/aromatic N) is 3. The molecule has 0 atom stereocenters. The quantitative estimate of drug-likeness (QED) is 0.759. The molecule has 0 radical (unpaired) electrons. The first-order chi connectivity index (χ1) is 7.81. The van der Waals surface area contributed by atoms with Crippen LogP contribution in [0.1, 0.15) is 17.4 Å². The lowest BCUT2D eigenvalue weighted by atomic mass is 10.4. The number of carbonyl (C=O) groups is 1. The molecule has 0 bridgehead atoms. The first-order valence-electron chi connectivity index (χ1n) is 4.70. The molecule has 0 aliphatic heterocycles. The van der Waals surface area contributed by atoms with E-state index in [0.29, 0.717) is 23.0 Å². The van der Waals surface area contributed by atoms with E-state index in [1.165, 1.54) is 17.7 Å². The van der Waals surface area contributed by atoms with Crippen LogP contribution in [-0.4, -0.2) is 27.5 Å². The van der Waals surface area contributed by atoms with Crippen molar-refractivity contribution in [3.8, 4) is 10.7 Å². The molecule has 0 aliphatic rings. The van der Waals surface area contributed by atoms with Gasteiger partial charge >= 0.3 is 5.97 Å². The smallest absolute Gasteiger partial charge is 0.357 e. The van der Waals surface area contributed by atoms with Crippen LogP contribution in [0.4, 0.5) is 0 Å². The summed E-state index contributed by atoms with van der Waals surface area (Å²) in [6.07, 6.45) is 3.08. The van der Waals surface area contributed by atoms with Crippen molar-refractivity contribution in [2.24, 2.45) is 0 Å². The minimum absolute atomic E-state index is 0.320. The molecule has 0 spiro atoms. The average molecular weight is 235 g/mol. The summed E-state index contributed by atoms with van der Waals surface area (Å²) >= 11 is 1.35. The van der Waals surface area contributed by atoms with Crippen LogP contribution in [-0.2, 0) is 4.74 Å². The predicted molar refractivity (Wildman–Crippen MR) is 59.1 cm³/mol. The minimum atomic E-state index is -0.404. The topological polar surface area (TPSA) is 65.0 Å². The number of rotatable bonds is 3. The van der Waals surface area contributed by atoms with E-state index in [0.717, 1.165) is 0 Å². The van der Waals surface area contributed by atoms with Crippen molar-refractivity contribution in [2.45, 2.75) is 6.92 Å². The highest BCUT2D eigenvalue weighted by atomic mass is 32.1. The molecular weight excluding hydrogens is 226 g/mol. The van der Waals surface area contributed by atoms with Crippen molar-refractivity contribution < 1.29 is 9.53 Å². The molecule has 0 saturated heterocycles. The predicted octanol–water partition coefficient (Wildman–Crippen LogP) is 1.78. The summed E-state index contributed by atoms with van der Waals surface area (Å²) in [7, 11) is 0. The summed E-state index contributed by atoms with van der Waals surface area (Å²) in [6.45, 7) is 2.11. The van der Waals surface area contributed by atoms with Gasteiger partial charge in [-0.2, -0.15) is 0 Å². The van der Waals surface area contributed by atoms with E-state index < -0.39 is 5.97 Å². The lowest BCUT2D eigenvalue weighted by Gasteiger charge is -1.96.